The number of anilines is 1. The van der Waals surface area contributed by atoms with Gasteiger partial charge in [0.1, 0.15) is 5.75 Å². The zero-order chi connectivity index (χ0) is 16.1. The quantitative estimate of drug-likeness (QED) is 0.715. The van der Waals surface area contributed by atoms with Gasteiger partial charge in [-0.2, -0.15) is 0 Å². The van der Waals surface area contributed by atoms with Crippen molar-refractivity contribution in [2.45, 2.75) is 20.8 Å². The van der Waals surface area contributed by atoms with Crippen molar-refractivity contribution < 1.29 is 9.53 Å². The summed E-state index contributed by atoms with van der Waals surface area (Å²) in [5, 5.41) is 2.95. The average Bonchev–Trinajstić information content (AvgIpc) is 2.48. The number of hydrogen-bond donors (Lipinski definition) is 1. The summed E-state index contributed by atoms with van der Waals surface area (Å²) in [5.41, 5.74) is 2.48. The Bertz CT molecular complexity index is 668. The van der Waals surface area contributed by atoms with Gasteiger partial charge in [-0.25, -0.2) is 0 Å². The molecule has 0 bridgehead atoms. The molecule has 0 aliphatic rings. The van der Waals surface area contributed by atoms with Crippen molar-refractivity contribution >= 4 is 34.2 Å². The van der Waals surface area contributed by atoms with E-state index in [4.69, 9.17) is 4.74 Å². The van der Waals surface area contributed by atoms with Gasteiger partial charge < -0.3 is 10.1 Å². The molecule has 0 unspecified atom stereocenters. The first-order chi connectivity index (χ1) is 10.5. The number of carbonyl (C=O) groups excluding carboxylic acids is 1. The molecule has 0 spiro atoms. The average molecular weight is 409 g/mol. The van der Waals surface area contributed by atoms with Crippen LogP contribution in [0.5, 0.6) is 5.75 Å². The van der Waals surface area contributed by atoms with E-state index in [-0.39, 0.29) is 5.91 Å². The lowest BCUT2D eigenvalue weighted by molar-refractivity contribution is 0.102. The smallest absolute Gasteiger partial charge is 0.255 e. The maximum absolute atomic E-state index is 12.4. The number of carbonyl (C=O) groups is 1. The molecule has 0 fully saturated rings. The van der Waals surface area contributed by atoms with Gasteiger partial charge in [-0.05, 0) is 77.4 Å². The predicted molar refractivity (Wildman–Crippen MR) is 98.6 cm³/mol. The zero-order valence-electron chi connectivity index (χ0n) is 13.0. The third-order valence-corrected chi connectivity index (χ3v) is 3.79. The minimum Gasteiger partial charge on any atom is -0.493 e. The number of rotatable bonds is 5. The van der Waals surface area contributed by atoms with E-state index in [0.717, 1.165) is 20.6 Å². The van der Waals surface area contributed by atoms with Gasteiger partial charge in [0.05, 0.1) is 6.61 Å². The molecule has 0 saturated heterocycles. The molecule has 2 aromatic rings. The molecular weight excluding hydrogens is 389 g/mol. The summed E-state index contributed by atoms with van der Waals surface area (Å²) in [6, 6.07) is 13.2. The van der Waals surface area contributed by atoms with Gasteiger partial charge in [0.2, 0.25) is 0 Å². The molecule has 0 atom stereocenters. The highest BCUT2D eigenvalue weighted by molar-refractivity contribution is 14.1. The molecule has 0 aliphatic heterocycles. The highest BCUT2D eigenvalue weighted by Crippen LogP contribution is 2.20. The molecular formula is C18H20INO2. The minimum atomic E-state index is -0.126. The Morgan fingerprint density at radius 3 is 2.68 bits per heavy atom. The van der Waals surface area contributed by atoms with E-state index in [9.17, 15) is 4.79 Å². The zero-order valence-corrected chi connectivity index (χ0v) is 15.2. The van der Waals surface area contributed by atoms with Crippen molar-refractivity contribution in [3.63, 3.8) is 0 Å². The van der Waals surface area contributed by atoms with Crippen LogP contribution in [-0.4, -0.2) is 12.5 Å². The highest BCUT2D eigenvalue weighted by Gasteiger charge is 2.09. The molecule has 1 N–H and O–H groups in total. The summed E-state index contributed by atoms with van der Waals surface area (Å²) in [5.74, 6) is 1.05. The Kier molecular flexibility index (Phi) is 5.83. The minimum absolute atomic E-state index is 0.126. The molecule has 22 heavy (non-hydrogen) atoms. The molecule has 0 saturated carbocycles. The molecule has 2 aromatic carbocycles. The number of aryl methyl sites for hydroxylation is 1. The van der Waals surface area contributed by atoms with Gasteiger partial charge in [0.25, 0.3) is 5.91 Å². The van der Waals surface area contributed by atoms with Crippen molar-refractivity contribution in [1.82, 2.24) is 0 Å². The van der Waals surface area contributed by atoms with Crippen LogP contribution in [-0.2, 0) is 0 Å². The Labute approximate surface area is 145 Å². The molecule has 0 aromatic heterocycles. The van der Waals surface area contributed by atoms with Crippen LogP contribution in [0.3, 0.4) is 0 Å². The molecule has 0 aliphatic carbocycles. The summed E-state index contributed by atoms with van der Waals surface area (Å²) in [7, 11) is 0. The monoisotopic (exact) mass is 409 g/mol. The normalized spacial score (nSPS) is 10.6. The van der Waals surface area contributed by atoms with Crippen LogP contribution in [0.15, 0.2) is 42.5 Å². The van der Waals surface area contributed by atoms with Gasteiger partial charge in [-0.1, -0.05) is 19.9 Å². The Balaban J connectivity index is 2.10. The number of nitrogens with one attached hydrogen (secondary N) is 1. The summed E-state index contributed by atoms with van der Waals surface area (Å²) in [6.07, 6.45) is 0. The number of amides is 1. The van der Waals surface area contributed by atoms with Gasteiger partial charge in [0, 0.05) is 14.8 Å². The SMILES string of the molecule is Cc1cc(I)ccc1NC(=O)c1cccc(OCC(C)C)c1. The second-order valence-electron chi connectivity index (χ2n) is 5.65. The van der Waals surface area contributed by atoms with E-state index in [1.54, 1.807) is 12.1 Å². The van der Waals surface area contributed by atoms with Crippen LogP contribution in [0.25, 0.3) is 0 Å². The Morgan fingerprint density at radius 1 is 1.23 bits per heavy atom. The number of hydrogen-bond acceptors (Lipinski definition) is 2. The highest BCUT2D eigenvalue weighted by atomic mass is 127. The predicted octanol–water partition coefficient (Wildman–Crippen LogP) is 4.89. The summed E-state index contributed by atoms with van der Waals surface area (Å²) in [4.78, 5) is 12.4. The van der Waals surface area contributed by atoms with Crippen molar-refractivity contribution in [3.05, 3.63) is 57.2 Å². The first-order valence-electron chi connectivity index (χ1n) is 7.26. The summed E-state index contributed by atoms with van der Waals surface area (Å²) < 4.78 is 6.82. The maximum atomic E-state index is 12.4. The van der Waals surface area contributed by atoms with E-state index in [0.29, 0.717) is 18.1 Å². The fraction of sp³-hybridized carbons (Fsp3) is 0.278. The van der Waals surface area contributed by atoms with Crippen LogP contribution in [0.2, 0.25) is 0 Å². The number of halogens is 1. The molecule has 116 valence electrons. The molecule has 0 radical (unpaired) electrons. The second kappa shape index (κ2) is 7.63. The topological polar surface area (TPSA) is 38.3 Å². The van der Waals surface area contributed by atoms with Gasteiger partial charge in [-0.3, -0.25) is 4.79 Å². The summed E-state index contributed by atoms with van der Waals surface area (Å²) in [6.45, 7) is 6.81. The number of ether oxygens (including phenoxy) is 1. The maximum Gasteiger partial charge on any atom is 0.255 e. The Hall–Kier alpha value is -1.56. The van der Waals surface area contributed by atoms with E-state index >= 15 is 0 Å². The van der Waals surface area contributed by atoms with Crippen molar-refractivity contribution in [3.8, 4) is 5.75 Å². The van der Waals surface area contributed by atoms with Crippen molar-refractivity contribution in [2.24, 2.45) is 5.92 Å². The lowest BCUT2D eigenvalue weighted by atomic mass is 10.1. The van der Waals surface area contributed by atoms with E-state index in [1.165, 1.54) is 0 Å². The van der Waals surface area contributed by atoms with Gasteiger partial charge >= 0.3 is 0 Å². The standard InChI is InChI=1S/C18H20INO2/c1-12(2)11-22-16-6-4-5-14(10-16)18(21)20-17-8-7-15(19)9-13(17)3/h4-10,12H,11H2,1-3H3,(H,20,21). The molecule has 2 rings (SSSR count). The molecule has 0 heterocycles. The van der Waals surface area contributed by atoms with Crippen LogP contribution >= 0.6 is 22.6 Å². The van der Waals surface area contributed by atoms with E-state index < -0.39 is 0 Å². The van der Waals surface area contributed by atoms with Crippen LogP contribution in [0.4, 0.5) is 5.69 Å². The summed E-state index contributed by atoms with van der Waals surface area (Å²) >= 11 is 2.26. The third kappa shape index (κ3) is 4.73. The van der Waals surface area contributed by atoms with Gasteiger partial charge in [-0.15, -0.1) is 0 Å². The van der Waals surface area contributed by atoms with Crippen LogP contribution in [0.1, 0.15) is 29.8 Å². The fourth-order valence-electron chi connectivity index (χ4n) is 1.95. The van der Waals surface area contributed by atoms with Crippen LogP contribution < -0.4 is 10.1 Å². The Morgan fingerprint density at radius 2 is 2.00 bits per heavy atom. The van der Waals surface area contributed by atoms with E-state index in [1.807, 2.05) is 37.3 Å². The second-order valence-corrected chi connectivity index (χ2v) is 6.89. The third-order valence-electron chi connectivity index (χ3n) is 3.12. The van der Waals surface area contributed by atoms with Crippen molar-refractivity contribution in [2.75, 3.05) is 11.9 Å². The largest absolute Gasteiger partial charge is 0.493 e. The molecule has 1 amide bonds. The fourth-order valence-corrected chi connectivity index (χ4v) is 2.60. The van der Waals surface area contributed by atoms with E-state index in [2.05, 4.69) is 41.8 Å². The molecule has 4 heteroatoms. The first-order valence-corrected chi connectivity index (χ1v) is 8.34. The first kappa shape index (κ1) is 16.8. The van der Waals surface area contributed by atoms with Crippen molar-refractivity contribution in [1.29, 1.82) is 0 Å². The molecule has 3 nitrogen and oxygen atoms in total. The lowest BCUT2D eigenvalue weighted by Crippen LogP contribution is -2.13. The van der Waals surface area contributed by atoms with Crippen LogP contribution in [0, 0.1) is 16.4 Å². The lowest BCUT2D eigenvalue weighted by Gasteiger charge is -2.11. The van der Waals surface area contributed by atoms with Gasteiger partial charge in [0.15, 0.2) is 0 Å². The number of benzene rings is 2.